The summed E-state index contributed by atoms with van der Waals surface area (Å²) in [4.78, 5) is 16.7. The van der Waals surface area contributed by atoms with Crippen LogP contribution in [-0.2, 0) is 16.1 Å². The molecule has 98 valence electrons. The maximum atomic E-state index is 13.0. The molecule has 1 aromatic heterocycles. The Morgan fingerprint density at radius 3 is 3.06 bits per heavy atom. The second-order valence-electron chi connectivity index (χ2n) is 4.48. The van der Waals surface area contributed by atoms with Crippen LogP contribution in [0.5, 0.6) is 0 Å². The standard InChI is InChI=1S/C12H15FN2O3/c1-15(5-8-2-9(13)4-14-3-8)11-7-18-6-10(11)12(16)17/h2-4,10-11H,5-7H2,1H3,(H,16,17). The highest BCUT2D eigenvalue weighted by molar-refractivity contribution is 5.71. The van der Waals surface area contributed by atoms with Crippen molar-refractivity contribution in [3.05, 3.63) is 29.8 Å². The van der Waals surface area contributed by atoms with Gasteiger partial charge in [-0.25, -0.2) is 4.39 Å². The van der Waals surface area contributed by atoms with Gasteiger partial charge in [-0.15, -0.1) is 0 Å². The molecular formula is C12H15FN2O3. The van der Waals surface area contributed by atoms with Gasteiger partial charge < -0.3 is 9.84 Å². The number of hydrogen-bond acceptors (Lipinski definition) is 4. The molecule has 5 nitrogen and oxygen atoms in total. The number of aromatic nitrogens is 1. The number of nitrogens with zero attached hydrogens (tertiary/aromatic N) is 2. The topological polar surface area (TPSA) is 62.7 Å². The molecule has 0 bridgehead atoms. The van der Waals surface area contributed by atoms with Crippen LogP contribution >= 0.6 is 0 Å². The minimum absolute atomic E-state index is 0.189. The SMILES string of the molecule is CN(Cc1cncc(F)c1)C1COCC1C(=O)O. The average molecular weight is 254 g/mol. The first-order valence-electron chi connectivity index (χ1n) is 5.68. The summed E-state index contributed by atoms with van der Waals surface area (Å²) in [6.07, 6.45) is 2.72. The zero-order chi connectivity index (χ0) is 13.1. The first-order valence-corrected chi connectivity index (χ1v) is 5.68. The monoisotopic (exact) mass is 254 g/mol. The highest BCUT2D eigenvalue weighted by Crippen LogP contribution is 2.20. The van der Waals surface area contributed by atoms with Crippen LogP contribution in [0, 0.1) is 11.7 Å². The molecule has 2 unspecified atom stereocenters. The molecule has 0 spiro atoms. The Bertz CT molecular complexity index is 441. The lowest BCUT2D eigenvalue weighted by molar-refractivity contribution is -0.143. The number of halogens is 1. The van der Waals surface area contributed by atoms with Crippen LogP contribution < -0.4 is 0 Å². The molecule has 0 radical (unpaired) electrons. The van der Waals surface area contributed by atoms with E-state index in [0.29, 0.717) is 18.7 Å². The highest BCUT2D eigenvalue weighted by atomic mass is 19.1. The Labute approximate surface area is 104 Å². The zero-order valence-corrected chi connectivity index (χ0v) is 10.0. The summed E-state index contributed by atoms with van der Waals surface area (Å²) in [5.74, 6) is -1.78. The van der Waals surface area contributed by atoms with Crippen LogP contribution in [0.25, 0.3) is 0 Å². The van der Waals surface area contributed by atoms with Crippen molar-refractivity contribution >= 4 is 5.97 Å². The van der Waals surface area contributed by atoms with Gasteiger partial charge >= 0.3 is 5.97 Å². The predicted molar refractivity (Wildman–Crippen MR) is 61.4 cm³/mol. The smallest absolute Gasteiger partial charge is 0.310 e. The molecule has 0 aliphatic carbocycles. The summed E-state index contributed by atoms with van der Waals surface area (Å²) in [5.41, 5.74) is 0.716. The Balaban J connectivity index is 2.03. The summed E-state index contributed by atoms with van der Waals surface area (Å²) in [7, 11) is 1.81. The Hall–Kier alpha value is -1.53. The van der Waals surface area contributed by atoms with E-state index < -0.39 is 17.7 Å². The lowest BCUT2D eigenvalue weighted by Crippen LogP contribution is -2.40. The lowest BCUT2D eigenvalue weighted by Gasteiger charge is -2.25. The van der Waals surface area contributed by atoms with Crippen molar-refractivity contribution in [3.63, 3.8) is 0 Å². The Morgan fingerprint density at radius 2 is 2.39 bits per heavy atom. The maximum absolute atomic E-state index is 13.0. The molecule has 0 saturated carbocycles. The summed E-state index contributed by atoms with van der Waals surface area (Å²) in [6, 6.07) is 1.21. The van der Waals surface area contributed by atoms with Gasteiger partial charge in [0.1, 0.15) is 5.82 Å². The number of aliphatic carboxylic acids is 1. The van der Waals surface area contributed by atoms with Gasteiger partial charge in [0, 0.05) is 18.8 Å². The molecule has 1 saturated heterocycles. The molecule has 1 aliphatic rings. The number of hydrogen-bond donors (Lipinski definition) is 1. The van der Waals surface area contributed by atoms with Crippen molar-refractivity contribution in [2.75, 3.05) is 20.3 Å². The van der Waals surface area contributed by atoms with Gasteiger partial charge in [0.25, 0.3) is 0 Å². The molecule has 1 fully saturated rings. The van der Waals surface area contributed by atoms with Crippen molar-refractivity contribution < 1.29 is 19.0 Å². The minimum Gasteiger partial charge on any atom is -0.481 e. The van der Waals surface area contributed by atoms with E-state index in [1.54, 1.807) is 13.2 Å². The van der Waals surface area contributed by atoms with Crippen LogP contribution in [0.2, 0.25) is 0 Å². The molecule has 6 heteroatoms. The van der Waals surface area contributed by atoms with E-state index in [2.05, 4.69) is 4.98 Å². The molecule has 2 rings (SSSR count). The molecule has 2 atom stereocenters. The van der Waals surface area contributed by atoms with Gasteiger partial charge in [-0.2, -0.15) is 0 Å². The van der Waals surface area contributed by atoms with Crippen LogP contribution in [-0.4, -0.2) is 47.3 Å². The summed E-state index contributed by atoms with van der Waals surface area (Å²) in [5, 5.41) is 9.06. The second kappa shape index (κ2) is 5.41. The van der Waals surface area contributed by atoms with Crippen molar-refractivity contribution in [2.45, 2.75) is 12.6 Å². The van der Waals surface area contributed by atoms with Gasteiger partial charge in [-0.05, 0) is 18.7 Å². The minimum atomic E-state index is -0.860. The van der Waals surface area contributed by atoms with Gasteiger partial charge in [0.2, 0.25) is 0 Å². The molecule has 1 N–H and O–H groups in total. The first-order chi connectivity index (χ1) is 8.58. The number of ether oxygens (including phenoxy) is 1. The summed E-state index contributed by atoms with van der Waals surface area (Å²) < 4.78 is 18.2. The fourth-order valence-electron chi connectivity index (χ4n) is 2.16. The van der Waals surface area contributed by atoms with E-state index in [9.17, 15) is 9.18 Å². The van der Waals surface area contributed by atoms with E-state index in [1.807, 2.05) is 4.90 Å². The van der Waals surface area contributed by atoms with E-state index in [1.165, 1.54) is 6.07 Å². The van der Waals surface area contributed by atoms with E-state index in [4.69, 9.17) is 9.84 Å². The third-order valence-electron chi connectivity index (χ3n) is 3.13. The Kier molecular flexibility index (Phi) is 3.88. The van der Waals surface area contributed by atoms with Crippen molar-refractivity contribution in [1.29, 1.82) is 0 Å². The fraction of sp³-hybridized carbons (Fsp3) is 0.500. The predicted octanol–water partition coefficient (Wildman–Crippen LogP) is 0.752. The van der Waals surface area contributed by atoms with E-state index in [-0.39, 0.29) is 12.6 Å². The molecule has 18 heavy (non-hydrogen) atoms. The quantitative estimate of drug-likeness (QED) is 0.859. The second-order valence-corrected chi connectivity index (χ2v) is 4.48. The number of likely N-dealkylation sites (N-methyl/N-ethyl adjacent to an activating group) is 1. The van der Waals surface area contributed by atoms with Crippen LogP contribution in [0.1, 0.15) is 5.56 Å². The molecule has 1 aliphatic heterocycles. The van der Waals surface area contributed by atoms with Gasteiger partial charge in [0.05, 0.1) is 25.3 Å². The van der Waals surface area contributed by atoms with Crippen molar-refractivity contribution in [1.82, 2.24) is 9.88 Å². The van der Waals surface area contributed by atoms with E-state index >= 15 is 0 Å². The van der Waals surface area contributed by atoms with Crippen molar-refractivity contribution in [3.8, 4) is 0 Å². The number of rotatable bonds is 4. The fourth-order valence-corrected chi connectivity index (χ4v) is 2.16. The maximum Gasteiger partial charge on any atom is 0.310 e. The summed E-state index contributed by atoms with van der Waals surface area (Å²) >= 11 is 0. The van der Waals surface area contributed by atoms with Gasteiger partial charge in [-0.1, -0.05) is 0 Å². The number of carboxylic acid groups (broad SMARTS) is 1. The Morgan fingerprint density at radius 1 is 1.61 bits per heavy atom. The normalized spacial score (nSPS) is 23.5. The summed E-state index contributed by atoms with van der Waals surface area (Å²) in [6.45, 7) is 1.06. The third kappa shape index (κ3) is 2.83. The molecule has 0 amide bonds. The molecular weight excluding hydrogens is 239 g/mol. The van der Waals surface area contributed by atoms with Crippen LogP contribution in [0.4, 0.5) is 4.39 Å². The van der Waals surface area contributed by atoms with Crippen LogP contribution in [0.3, 0.4) is 0 Å². The molecule has 1 aromatic rings. The zero-order valence-electron chi connectivity index (χ0n) is 10.0. The van der Waals surface area contributed by atoms with Gasteiger partial charge in [0.15, 0.2) is 0 Å². The average Bonchev–Trinajstić information content (AvgIpc) is 2.77. The highest BCUT2D eigenvalue weighted by Gasteiger charge is 2.36. The first kappa shape index (κ1) is 12.9. The molecule has 0 aromatic carbocycles. The molecule has 2 heterocycles. The number of carboxylic acids is 1. The number of pyridine rings is 1. The van der Waals surface area contributed by atoms with Gasteiger partial charge in [-0.3, -0.25) is 14.7 Å². The lowest BCUT2D eigenvalue weighted by atomic mass is 10.0. The van der Waals surface area contributed by atoms with Crippen LogP contribution in [0.15, 0.2) is 18.5 Å². The largest absolute Gasteiger partial charge is 0.481 e. The number of carbonyl (C=O) groups is 1. The van der Waals surface area contributed by atoms with E-state index in [0.717, 1.165) is 6.20 Å². The van der Waals surface area contributed by atoms with Crippen molar-refractivity contribution in [2.24, 2.45) is 5.92 Å². The third-order valence-corrected chi connectivity index (χ3v) is 3.13.